The average Bonchev–Trinajstić information content (AvgIpc) is 3.00. The van der Waals surface area contributed by atoms with E-state index in [1.165, 1.54) is 6.07 Å². The van der Waals surface area contributed by atoms with Crippen LogP contribution in [0.2, 0.25) is 0 Å². The van der Waals surface area contributed by atoms with E-state index in [1.54, 1.807) is 18.2 Å². The van der Waals surface area contributed by atoms with Gasteiger partial charge in [-0.1, -0.05) is 18.2 Å². The van der Waals surface area contributed by atoms with E-state index in [-0.39, 0.29) is 31.2 Å². The van der Waals surface area contributed by atoms with E-state index in [1.807, 2.05) is 0 Å². The maximum atomic E-state index is 13.4. The van der Waals surface area contributed by atoms with Crippen molar-refractivity contribution in [1.82, 2.24) is 0 Å². The van der Waals surface area contributed by atoms with Crippen LogP contribution in [-0.4, -0.2) is 23.9 Å². The van der Waals surface area contributed by atoms with E-state index in [2.05, 4.69) is 0 Å². The fourth-order valence-corrected chi connectivity index (χ4v) is 3.48. The minimum Gasteiger partial charge on any atom is -0.459 e. The van der Waals surface area contributed by atoms with Crippen LogP contribution in [0.3, 0.4) is 0 Å². The SMILES string of the molecule is O=C(OC1CCC(F)(F)C1)c1ccccc1C1CCC(F)(F)C1. The highest BCUT2D eigenvalue weighted by atomic mass is 19.3. The Labute approximate surface area is 131 Å². The standard InChI is InChI=1S/C17H18F4O2/c18-16(19)7-5-11(9-16)13-3-1-2-4-14(13)15(22)23-12-6-8-17(20,21)10-12/h1-4,11-12H,5-10H2. The van der Waals surface area contributed by atoms with Crippen LogP contribution in [0.25, 0.3) is 0 Å². The summed E-state index contributed by atoms with van der Waals surface area (Å²) in [6, 6.07) is 6.47. The summed E-state index contributed by atoms with van der Waals surface area (Å²) in [6.45, 7) is 0. The molecule has 23 heavy (non-hydrogen) atoms. The summed E-state index contributed by atoms with van der Waals surface area (Å²) in [5.41, 5.74) is 0.741. The fourth-order valence-electron chi connectivity index (χ4n) is 3.48. The highest BCUT2D eigenvalue weighted by molar-refractivity contribution is 5.91. The number of carbonyl (C=O) groups excluding carboxylic acids is 1. The summed E-state index contributed by atoms with van der Waals surface area (Å²) < 4.78 is 58.4. The first-order valence-corrected chi connectivity index (χ1v) is 7.81. The quantitative estimate of drug-likeness (QED) is 0.580. The summed E-state index contributed by atoms with van der Waals surface area (Å²) in [7, 11) is 0. The van der Waals surface area contributed by atoms with Crippen molar-refractivity contribution in [3.05, 3.63) is 35.4 Å². The highest BCUT2D eigenvalue weighted by Crippen LogP contribution is 2.45. The lowest BCUT2D eigenvalue weighted by Crippen LogP contribution is -2.20. The maximum Gasteiger partial charge on any atom is 0.338 e. The lowest BCUT2D eigenvalue weighted by atomic mass is 9.93. The molecule has 0 aliphatic heterocycles. The number of carbonyl (C=O) groups is 1. The largest absolute Gasteiger partial charge is 0.459 e. The van der Waals surface area contributed by atoms with Gasteiger partial charge in [0, 0.05) is 25.7 Å². The van der Waals surface area contributed by atoms with Crippen LogP contribution in [-0.2, 0) is 4.74 Å². The Balaban J connectivity index is 1.74. The molecule has 0 N–H and O–H groups in total. The van der Waals surface area contributed by atoms with E-state index in [0.717, 1.165) is 0 Å². The van der Waals surface area contributed by atoms with Gasteiger partial charge in [-0.3, -0.25) is 0 Å². The predicted octanol–water partition coefficient (Wildman–Crippen LogP) is 4.93. The molecule has 3 rings (SSSR count). The third kappa shape index (κ3) is 3.67. The molecule has 2 nitrogen and oxygen atoms in total. The van der Waals surface area contributed by atoms with E-state index in [9.17, 15) is 22.4 Å². The van der Waals surface area contributed by atoms with Crippen LogP contribution in [0.15, 0.2) is 24.3 Å². The molecular formula is C17H18F4O2. The van der Waals surface area contributed by atoms with Crippen molar-refractivity contribution < 1.29 is 27.1 Å². The van der Waals surface area contributed by atoms with Gasteiger partial charge in [-0.25, -0.2) is 22.4 Å². The Morgan fingerprint density at radius 2 is 1.65 bits per heavy atom. The first kappa shape index (κ1) is 16.3. The van der Waals surface area contributed by atoms with Crippen LogP contribution < -0.4 is 0 Å². The molecule has 2 saturated carbocycles. The number of halogens is 4. The van der Waals surface area contributed by atoms with Gasteiger partial charge in [-0.15, -0.1) is 0 Å². The molecule has 2 unspecified atom stereocenters. The third-order valence-electron chi connectivity index (χ3n) is 4.66. The summed E-state index contributed by atoms with van der Waals surface area (Å²) >= 11 is 0. The van der Waals surface area contributed by atoms with Crippen LogP contribution in [0, 0.1) is 0 Å². The van der Waals surface area contributed by atoms with Crippen LogP contribution in [0.1, 0.15) is 60.4 Å². The molecule has 0 bridgehead atoms. The molecule has 0 amide bonds. The smallest absolute Gasteiger partial charge is 0.338 e. The zero-order chi connectivity index (χ0) is 16.7. The Morgan fingerprint density at radius 1 is 1.00 bits per heavy atom. The van der Waals surface area contributed by atoms with Crippen molar-refractivity contribution in [1.29, 1.82) is 0 Å². The third-order valence-corrected chi connectivity index (χ3v) is 4.66. The number of hydrogen-bond acceptors (Lipinski definition) is 2. The van der Waals surface area contributed by atoms with E-state index in [4.69, 9.17) is 4.74 Å². The van der Waals surface area contributed by atoms with Gasteiger partial charge < -0.3 is 4.74 Å². The van der Waals surface area contributed by atoms with Crippen LogP contribution >= 0.6 is 0 Å². The summed E-state index contributed by atoms with van der Waals surface area (Å²) in [4.78, 5) is 12.3. The maximum absolute atomic E-state index is 13.4. The van der Waals surface area contributed by atoms with Crippen molar-refractivity contribution in [2.24, 2.45) is 0 Å². The molecule has 0 spiro atoms. The normalized spacial score (nSPS) is 28.7. The second-order valence-corrected chi connectivity index (χ2v) is 6.51. The van der Waals surface area contributed by atoms with Gasteiger partial charge in [0.15, 0.2) is 0 Å². The Bertz CT molecular complexity index is 600. The molecule has 1 aromatic carbocycles. The topological polar surface area (TPSA) is 26.3 Å². The van der Waals surface area contributed by atoms with Crippen molar-refractivity contribution in [2.45, 2.75) is 62.4 Å². The molecule has 2 aliphatic rings. The number of rotatable bonds is 3. The zero-order valence-corrected chi connectivity index (χ0v) is 12.5. The molecule has 0 heterocycles. The van der Waals surface area contributed by atoms with Gasteiger partial charge in [-0.05, 0) is 30.4 Å². The predicted molar refractivity (Wildman–Crippen MR) is 76.0 cm³/mol. The van der Waals surface area contributed by atoms with Gasteiger partial charge in [0.25, 0.3) is 5.92 Å². The minimum atomic E-state index is -2.79. The van der Waals surface area contributed by atoms with Crippen molar-refractivity contribution in [3.8, 4) is 0 Å². The first-order chi connectivity index (χ1) is 10.8. The molecular weight excluding hydrogens is 312 g/mol. The molecule has 2 fully saturated rings. The molecule has 2 atom stereocenters. The first-order valence-electron chi connectivity index (χ1n) is 7.81. The van der Waals surface area contributed by atoms with Crippen LogP contribution in [0.4, 0.5) is 17.6 Å². The van der Waals surface area contributed by atoms with Gasteiger partial charge in [0.1, 0.15) is 6.10 Å². The molecule has 126 valence electrons. The Kier molecular flexibility index (Phi) is 4.10. The van der Waals surface area contributed by atoms with Crippen molar-refractivity contribution in [2.75, 3.05) is 0 Å². The van der Waals surface area contributed by atoms with Crippen molar-refractivity contribution >= 4 is 5.97 Å². The van der Waals surface area contributed by atoms with Crippen LogP contribution in [0.5, 0.6) is 0 Å². The lowest BCUT2D eigenvalue weighted by Gasteiger charge is -2.17. The number of alkyl halides is 4. The number of ether oxygens (including phenoxy) is 1. The van der Waals surface area contributed by atoms with E-state index < -0.39 is 36.3 Å². The summed E-state index contributed by atoms with van der Waals surface area (Å²) in [6.07, 6.45) is -1.63. The van der Waals surface area contributed by atoms with Gasteiger partial charge >= 0.3 is 5.97 Å². The molecule has 6 heteroatoms. The molecule has 0 aromatic heterocycles. The van der Waals surface area contributed by atoms with Gasteiger partial charge in [-0.2, -0.15) is 0 Å². The monoisotopic (exact) mass is 330 g/mol. The number of esters is 1. The number of hydrogen-bond donors (Lipinski definition) is 0. The lowest BCUT2D eigenvalue weighted by molar-refractivity contribution is -0.0122. The second-order valence-electron chi connectivity index (χ2n) is 6.51. The highest BCUT2D eigenvalue weighted by Gasteiger charge is 2.43. The van der Waals surface area contributed by atoms with Gasteiger partial charge in [0.05, 0.1) is 5.56 Å². The van der Waals surface area contributed by atoms with E-state index in [0.29, 0.717) is 12.0 Å². The average molecular weight is 330 g/mol. The summed E-state index contributed by atoms with van der Waals surface area (Å²) in [5, 5.41) is 0. The molecule has 1 aromatic rings. The Hall–Kier alpha value is -1.59. The van der Waals surface area contributed by atoms with Gasteiger partial charge in [0.2, 0.25) is 5.92 Å². The van der Waals surface area contributed by atoms with E-state index >= 15 is 0 Å². The zero-order valence-electron chi connectivity index (χ0n) is 12.5. The summed E-state index contributed by atoms with van der Waals surface area (Å²) in [5.74, 6) is -6.61. The fraction of sp³-hybridized carbons (Fsp3) is 0.588. The number of benzene rings is 1. The van der Waals surface area contributed by atoms with Crippen molar-refractivity contribution in [3.63, 3.8) is 0 Å². The molecule has 2 aliphatic carbocycles. The molecule has 0 saturated heterocycles. The molecule has 0 radical (unpaired) electrons. The minimum absolute atomic E-state index is 0.127. The Morgan fingerprint density at radius 3 is 2.26 bits per heavy atom. The second kappa shape index (κ2) is 5.80.